The number of para-hydroxylation sites is 2. The second-order valence-corrected chi connectivity index (χ2v) is 11.7. The number of aryl methyl sites for hydroxylation is 2. The number of carbonyl (C=O) groups excluding carboxylic acids is 1. The van der Waals surface area contributed by atoms with Gasteiger partial charge in [-0.25, -0.2) is 9.59 Å². The highest BCUT2D eigenvalue weighted by atomic mass is 19.4. The summed E-state index contributed by atoms with van der Waals surface area (Å²) in [5.74, 6) is 0. The molecule has 2 aromatic heterocycles. The van der Waals surface area contributed by atoms with E-state index in [1.165, 1.54) is 12.1 Å². The average Bonchev–Trinajstić information content (AvgIpc) is 3.51. The van der Waals surface area contributed by atoms with E-state index in [-0.39, 0.29) is 17.8 Å². The average molecular weight is 610 g/mol. The first kappa shape index (κ1) is 30.0. The fraction of sp³-hybridized carbons (Fsp3) is 0.469. The Morgan fingerprint density at radius 3 is 2.39 bits per heavy atom. The van der Waals surface area contributed by atoms with E-state index in [4.69, 9.17) is 5.10 Å². The van der Waals surface area contributed by atoms with Gasteiger partial charge in [-0.2, -0.15) is 18.3 Å². The summed E-state index contributed by atoms with van der Waals surface area (Å²) in [4.78, 5) is 29.8. The number of aromatic nitrogens is 4. The number of carbonyl (C=O) groups is 1. The number of amides is 2. The van der Waals surface area contributed by atoms with Gasteiger partial charge in [-0.05, 0) is 57.0 Å². The number of imidazole rings is 1. The first-order valence-corrected chi connectivity index (χ1v) is 15.3. The van der Waals surface area contributed by atoms with Crippen LogP contribution in [-0.2, 0) is 32.7 Å². The number of halogens is 3. The van der Waals surface area contributed by atoms with Gasteiger partial charge in [0.05, 0.1) is 28.8 Å². The number of hydrogen-bond acceptors (Lipinski definition) is 4. The van der Waals surface area contributed by atoms with Crippen molar-refractivity contribution in [3.8, 4) is 11.3 Å². The highest BCUT2D eigenvalue weighted by Crippen LogP contribution is 2.34. The summed E-state index contributed by atoms with van der Waals surface area (Å²) in [6.45, 7) is 6.65. The molecule has 0 saturated carbocycles. The Morgan fingerprint density at radius 2 is 1.70 bits per heavy atom. The molecule has 1 saturated heterocycles. The van der Waals surface area contributed by atoms with Crippen molar-refractivity contribution in [1.82, 2.24) is 34.0 Å². The maximum Gasteiger partial charge on any atom is 0.416 e. The van der Waals surface area contributed by atoms with Gasteiger partial charge in [-0.15, -0.1) is 0 Å². The standard InChI is InChI=1S/C32H38F3N7O2/c1-3-36-30(43)40-20-15-26-25(21-40)29(22-9-11-23(12-10-22)32(33,34)35)37-41(26)17-6-16-39-18-13-24(14-19-39)42-28-8-5-4-7-27(28)38(2)31(42)44/h4-5,7-12,24H,3,6,13-21H2,1-2H3,(H,36,43). The molecular formula is C32H38F3N7O2. The van der Waals surface area contributed by atoms with E-state index in [0.29, 0.717) is 43.9 Å². The van der Waals surface area contributed by atoms with Crippen LogP contribution in [0.4, 0.5) is 18.0 Å². The quantitative estimate of drug-likeness (QED) is 0.319. The zero-order valence-corrected chi connectivity index (χ0v) is 25.1. The van der Waals surface area contributed by atoms with E-state index in [1.54, 1.807) is 9.47 Å². The Bertz CT molecular complexity index is 1700. The van der Waals surface area contributed by atoms with Crippen LogP contribution in [0.5, 0.6) is 0 Å². The first-order valence-electron chi connectivity index (χ1n) is 15.3. The van der Waals surface area contributed by atoms with Gasteiger partial charge in [-0.3, -0.25) is 13.8 Å². The molecule has 234 valence electrons. The third-order valence-corrected chi connectivity index (χ3v) is 9.00. The summed E-state index contributed by atoms with van der Waals surface area (Å²) in [7, 11) is 1.82. The van der Waals surface area contributed by atoms with Crippen LogP contribution in [0, 0.1) is 0 Å². The molecule has 4 aromatic rings. The SMILES string of the molecule is CCNC(=O)N1CCc2c(c(-c3ccc(C(F)(F)F)cc3)nn2CCCN2CCC(n3c(=O)n(C)c4ccccc43)CC2)C1. The lowest BCUT2D eigenvalue weighted by Gasteiger charge is -2.32. The van der Waals surface area contributed by atoms with Gasteiger partial charge in [0.2, 0.25) is 0 Å². The Kier molecular flexibility index (Phi) is 8.28. The van der Waals surface area contributed by atoms with Gasteiger partial charge >= 0.3 is 17.9 Å². The van der Waals surface area contributed by atoms with Crippen molar-refractivity contribution in [2.24, 2.45) is 7.05 Å². The Labute approximate surface area is 253 Å². The number of rotatable bonds is 7. The predicted molar refractivity (Wildman–Crippen MR) is 162 cm³/mol. The fourth-order valence-electron chi connectivity index (χ4n) is 6.68. The van der Waals surface area contributed by atoms with Crippen molar-refractivity contribution in [2.45, 2.75) is 57.9 Å². The van der Waals surface area contributed by atoms with E-state index >= 15 is 0 Å². The number of likely N-dealkylation sites (tertiary alicyclic amines) is 1. The molecule has 0 atom stereocenters. The molecule has 0 spiro atoms. The molecule has 0 aliphatic carbocycles. The third kappa shape index (κ3) is 5.74. The molecule has 9 nitrogen and oxygen atoms in total. The van der Waals surface area contributed by atoms with Gasteiger partial charge in [0.25, 0.3) is 0 Å². The van der Waals surface area contributed by atoms with E-state index < -0.39 is 11.7 Å². The van der Waals surface area contributed by atoms with E-state index in [2.05, 4.69) is 10.2 Å². The molecule has 4 heterocycles. The van der Waals surface area contributed by atoms with E-state index in [9.17, 15) is 22.8 Å². The minimum atomic E-state index is -4.41. The highest BCUT2D eigenvalue weighted by molar-refractivity contribution is 5.76. The van der Waals surface area contributed by atoms with E-state index in [0.717, 1.165) is 73.3 Å². The zero-order valence-electron chi connectivity index (χ0n) is 25.1. The van der Waals surface area contributed by atoms with Crippen molar-refractivity contribution < 1.29 is 18.0 Å². The van der Waals surface area contributed by atoms with Crippen LogP contribution < -0.4 is 11.0 Å². The Balaban J connectivity index is 1.14. The molecule has 0 radical (unpaired) electrons. The van der Waals surface area contributed by atoms with Crippen LogP contribution in [-0.4, -0.2) is 67.5 Å². The molecule has 2 amide bonds. The van der Waals surface area contributed by atoms with Crippen LogP contribution in [0.15, 0.2) is 53.3 Å². The topological polar surface area (TPSA) is 80.3 Å². The molecular weight excluding hydrogens is 571 g/mol. The van der Waals surface area contributed by atoms with Crippen LogP contribution in [0.1, 0.15) is 49.0 Å². The van der Waals surface area contributed by atoms with Crippen molar-refractivity contribution in [2.75, 3.05) is 32.7 Å². The Hall–Kier alpha value is -4.06. The normalized spacial score (nSPS) is 16.4. The van der Waals surface area contributed by atoms with Crippen molar-refractivity contribution >= 4 is 17.1 Å². The summed E-state index contributed by atoms with van der Waals surface area (Å²) >= 11 is 0. The van der Waals surface area contributed by atoms with Crippen LogP contribution in [0.25, 0.3) is 22.3 Å². The van der Waals surface area contributed by atoms with Gasteiger partial charge < -0.3 is 15.1 Å². The monoisotopic (exact) mass is 609 g/mol. The second-order valence-electron chi connectivity index (χ2n) is 11.7. The number of alkyl halides is 3. The lowest BCUT2D eigenvalue weighted by molar-refractivity contribution is -0.137. The largest absolute Gasteiger partial charge is 0.416 e. The highest BCUT2D eigenvalue weighted by Gasteiger charge is 2.32. The van der Waals surface area contributed by atoms with Gasteiger partial charge in [0.15, 0.2) is 0 Å². The molecule has 1 fully saturated rings. The van der Waals surface area contributed by atoms with Crippen molar-refractivity contribution in [3.05, 3.63) is 75.8 Å². The van der Waals surface area contributed by atoms with Crippen LogP contribution >= 0.6 is 0 Å². The van der Waals surface area contributed by atoms with Crippen molar-refractivity contribution in [1.29, 1.82) is 0 Å². The van der Waals surface area contributed by atoms with Gasteiger partial charge in [0.1, 0.15) is 0 Å². The molecule has 0 bridgehead atoms. The summed E-state index contributed by atoms with van der Waals surface area (Å²) in [5, 5.41) is 7.73. The van der Waals surface area contributed by atoms with E-state index in [1.807, 2.05) is 47.5 Å². The number of nitrogens with zero attached hydrogens (tertiary/aromatic N) is 6. The molecule has 12 heteroatoms. The maximum absolute atomic E-state index is 13.2. The van der Waals surface area contributed by atoms with Crippen LogP contribution in [0.3, 0.4) is 0 Å². The second kappa shape index (κ2) is 12.1. The number of hydrogen-bond donors (Lipinski definition) is 1. The summed E-state index contributed by atoms with van der Waals surface area (Å²) in [5.41, 5.74) is 4.43. The number of urea groups is 1. The molecule has 1 N–H and O–H groups in total. The number of benzene rings is 2. The van der Waals surface area contributed by atoms with Gasteiger partial charge in [-0.1, -0.05) is 24.3 Å². The number of nitrogens with one attached hydrogen (secondary N) is 1. The lowest BCUT2D eigenvalue weighted by atomic mass is 10.00. The zero-order chi connectivity index (χ0) is 31.0. The number of fused-ring (bicyclic) bond motifs is 2. The smallest absolute Gasteiger partial charge is 0.338 e. The maximum atomic E-state index is 13.2. The molecule has 0 unspecified atom stereocenters. The summed E-state index contributed by atoms with van der Waals surface area (Å²) < 4.78 is 45.3. The molecule has 6 rings (SSSR count). The third-order valence-electron chi connectivity index (χ3n) is 9.00. The fourth-order valence-corrected chi connectivity index (χ4v) is 6.68. The summed E-state index contributed by atoms with van der Waals surface area (Å²) in [6.07, 6.45) is -1.12. The Morgan fingerprint density at radius 1 is 1.00 bits per heavy atom. The summed E-state index contributed by atoms with van der Waals surface area (Å²) in [6, 6.07) is 13.0. The molecule has 2 aliphatic rings. The molecule has 44 heavy (non-hydrogen) atoms. The van der Waals surface area contributed by atoms with Gasteiger partial charge in [0, 0.05) is 69.1 Å². The number of piperidine rings is 1. The minimum absolute atomic E-state index is 0.0303. The molecule has 2 aliphatic heterocycles. The lowest BCUT2D eigenvalue weighted by Crippen LogP contribution is -2.42. The van der Waals surface area contributed by atoms with Crippen molar-refractivity contribution in [3.63, 3.8) is 0 Å². The van der Waals surface area contributed by atoms with Crippen LogP contribution in [0.2, 0.25) is 0 Å². The first-order chi connectivity index (χ1) is 21.2. The minimum Gasteiger partial charge on any atom is -0.338 e. The predicted octanol–water partition coefficient (Wildman–Crippen LogP) is 5.04. The molecule has 2 aromatic carbocycles.